The van der Waals surface area contributed by atoms with Crippen molar-refractivity contribution >= 4 is 0 Å². The van der Waals surface area contributed by atoms with E-state index in [1.54, 1.807) is 6.33 Å². The zero-order valence-corrected chi connectivity index (χ0v) is 9.53. The maximum atomic E-state index is 4.14. The van der Waals surface area contributed by atoms with E-state index >= 15 is 0 Å². The van der Waals surface area contributed by atoms with Gasteiger partial charge >= 0.3 is 0 Å². The number of aromatic nitrogens is 2. The summed E-state index contributed by atoms with van der Waals surface area (Å²) in [5.41, 5.74) is 5.61. The van der Waals surface area contributed by atoms with Crippen molar-refractivity contribution in [3.63, 3.8) is 0 Å². The van der Waals surface area contributed by atoms with Crippen molar-refractivity contribution in [1.29, 1.82) is 0 Å². The minimum absolute atomic E-state index is 0.520. The van der Waals surface area contributed by atoms with Gasteiger partial charge in [-0.15, -0.1) is 0 Å². The first-order chi connectivity index (χ1) is 7.84. The molecule has 1 aliphatic carbocycles. The summed E-state index contributed by atoms with van der Waals surface area (Å²) in [5, 5.41) is 0. The maximum Gasteiger partial charge on any atom is 0.0921 e. The van der Waals surface area contributed by atoms with Crippen LogP contribution in [0.1, 0.15) is 41.1 Å². The van der Waals surface area contributed by atoms with Gasteiger partial charge in [-0.05, 0) is 37.3 Å². The number of aryl methyl sites for hydroxylation is 2. The fraction of sp³-hybridized carbons (Fsp3) is 0.357. The third kappa shape index (κ3) is 1.54. The average Bonchev–Trinajstić information content (AvgIpc) is 2.81. The van der Waals surface area contributed by atoms with Crippen LogP contribution < -0.4 is 0 Å². The van der Waals surface area contributed by atoms with Gasteiger partial charge in [0.15, 0.2) is 0 Å². The van der Waals surface area contributed by atoms with Crippen LogP contribution in [0, 0.1) is 6.92 Å². The van der Waals surface area contributed by atoms with Gasteiger partial charge in [-0.25, -0.2) is 4.98 Å². The minimum Gasteiger partial charge on any atom is -0.348 e. The summed E-state index contributed by atoms with van der Waals surface area (Å²) < 4.78 is 0. The molecule has 0 amide bonds. The van der Waals surface area contributed by atoms with Gasteiger partial charge in [-0.2, -0.15) is 0 Å². The van der Waals surface area contributed by atoms with Crippen molar-refractivity contribution in [2.24, 2.45) is 0 Å². The van der Waals surface area contributed by atoms with E-state index in [9.17, 15) is 0 Å². The molecule has 3 rings (SSSR count). The van der Waals surface area contributed by atoms with Gasteiger partial charge in [0, 0.05) is 17.8 Å². The topological polar surface area (TPSA) is 28.7 Å². The summed E-state index contributed by atoms with van der Waals surface area (Å²) in [6.07, 6.45) is 7.47. The third-order valence-electron chi connectivity index (χ3n) is 3.51. The van der Waals surface area contributed by atoms with E-state index in [-0.39, 0.29) is 0 Å². The molecule has 1 unspecified atom stereocenters. The van der Waals surface area contributed by atoms with Gasteiger partial charge in [0.25, 0.3) is 0 Å². The zero-order valence-electron chi connectivity index (χ0n) is 9.53. The lowest BCUT2D eigenvalue weighted by Gasteiger charge is -2.25. The molecule has 1 atom stereocenters. The number of hydrogen-bond donors (Lipinski definition) is 1. The Morgan fingerprint density at radius 3 is 3.12 bits per heavy atom. The molecule has 1 aromatic carbocycles. The van der Waals surface area contributed by atoms with Crippen LogP contribution in [-0.4, -0.2) is 9.97 Å². The molecule has 1 N–H and O–H groups in total. The molecule has 0 saturated carbocycles. The molecule has 16 heavy (non-hydrogen) atoms. The standard InChI is InChI=1S/C14H16N2/c1-10-5-6-11-3-2-4-12(13(11)7-10)14-8-15-9-16-14/h5-9,12H,2-4H2,1H3,(H,15,16). The number of nitrogens with zero attached hydrogens (tertiary/aromatic N) is 1. The molecular weight excluding hydrogens is 196 g/mol. The quantitative estimate of drug-likeness (QED) is 0.772. The number of fused-ring (bicyclic) bond motifs is 1. The van der Waals surface area contributed by atoms with E-state index < -0.39 is 0 Å². The van der Waals surface area contributed by atoms with Gasteiger partial charge in [0.2, 0.25) is 0 Å². The van der Waals surface area contributed by atoms with Gasteiger partial charge in [-0.1, -0.05) is 23.8 Å². The molecule has 1 heterocycles. The molecule has 2 heteroatoms. The smallest absolute Gasteiger partial charge is 0.0921 e. The number of imidazole rings is 1. The van der Waals surface area contributed by atoms with Gasteiger partial charge in [-0.3, -0.25) is 0 Å². The second-order valence-electron chi connectivity index (χ2n) is 4.65. The van der Waals surface area contributed by atoms with E-state index in [0.29, 0.717) is 5.92 Å². The molecule has 0 aliphatic heterocycles. The first-order valence-corrected chi connectivity index (χ1v) is 5.92. The summed E-state index contributed by atoms with van der Waals surface area (Å²) in [4.78, 5) is 7.39. The number of rotatable bonds is 1. The van der Waals surface area contributed by atoms with E-state index in [1.165, 1.54) is 41.6 Å². The fourth-order valence-electron chi connectivity index (χ4n) is 2.70. The lowest BCUT2D eigenvalue weighted by Crippen LogP contribution is -2.11. The van der Waals surface area contributed by atoms with Crippen LogP contribution in [-0.2, 0) is 6.42 Å². The van der Waals surface area contributed by atoms with Crippen molar-refractivity contribution in [3.8, 4) is 0 Å². The summed E-state index contributed by atoms with van der Waals surface area (Å²) in [7, 11) is 0. The summed E-state index contributed by atoms with van der Waals surface area (Å²) in [5.74, 6) is 0.520. The van der Waals surface area contributed by atoms with E-state index in [2.05, 4.69) is 35.1 Å². The molecule has 2 nitrogen and oxygen atoms in total. The Labute approximate surface area is 95.7 Å². The molecule has 0 radical (unpaired) electrons. The largest absolute Gasteiger partial charge is 0.348 e. The molecule has 1 aliphatic rings. The van der Waals surface area contributed by atoms with Crippen molar-refractivity contribution in [3.05, 3.63) is 53.1 Å². The number of H-pyrrole nitrogens is 1. The van der Waals surface area contributed by atoms with E-state index in [1.807, 2.05) is 6.20 Å². The minimum atomic E-state index is 0.520. The second kappa shape index (κ2) is 3.78. The SMILES string of the molecule is Cc1ccc2c(c1)C(c1cnc[nH]1)CCC2. The predicted octanol–water partition coefficient (Wildman–Crippen LogP) is 3.19. The average molecular weight is 212 g/mol. The Balaban J connectivity index is 2.08. The Morgan fingerprint density at radius 1 is 1.38 bits per heavy atom. The van der Waals surface area contributed by atoms with Crippen molar-refractivity contribution in [1.82, 2.24) is 9.97 Å². The normalized spacial score (nSPS) is 19.4. The highest BCUT2D eigenvalue weighted by atomic mass is 14.9. The summed E-state index contributed by atoms with van der Waals surface area (Å²) in [6, 6.07) is 6.83. The lowest BCUT2D eigenvalue weighted by atomic mass is 9.80. The molecule has 0 fully saturated rings. The molecule has 0 saturated heterocycles. The van der Waals surface area contributed by atoms with Crippen LogP contribution in [0.25, 0.3) is 0 Å². The van der Waals surface area contributed by atoms with Crippen LogP contribution in [0.3, 0.4) is 0 Å². The van der Waals surface area contributed by atoms with Gasteiger partial charge in [0.1, 0.15) is 0 Å². The summed E-state index contributed by atoms with van der Waals surface area (Å²) in [6.45, 7) is 2.17. The molecule has 82 valence electrons. The second-order valence-corrected chi connectivity index (χ2v) is 4.65. The van der Waals surface area contributed by atoms with E-state index in [0.717, 1.165) is 0 Å². The molecule has 1 aromatic heterocycles. The maximum absolute atomic E-state index is 4.14. The van der Waals surface area contributed by atoms with Crippen LogP contribution in [0.4, 0.5) is 0 Å². The number of hydrogen-bond acceptors (Lipinski definition) is 1. The monoisotopic (exact) mass is 212 g/mol. The number of nitrogens with one attached hydrogen (secondary N) is 1. The Bertz CT molecular complexity index is 485. The highest BCUT2D eigenvalue weighted by molar-refractivity contribution is 5.39. The first-order valence-electron chi connectivity index (χ1n) is 5.92. The van der Waals surface area contributed by atoms with Crippen LogP contribution in [0.2, 0.25) is 0 Å². The van der Waals surface area contributed by atoms with E-state index in [4.69, 9.17) is 0 Å². The van der Waals surface area contributed by atoms with Gasteiger partial charge in [0.05, 0.1) is 6.33 Å². The Hall–Kier alpha value is -1.57. The fourth-order valence-corrected chi connectivity index (χ4v) is 2.70. The predicted molar refractivity (Wildman–Crippen MR) is 64.5 cm³/mol. The molecule has 0 bridgehead atoms. The highest BCUT2D eigenvalue weighted by Crippen LogP contribution is 2.35. The lowest BCUT2D eigenvalue weighted by molar-refractivity contribution is 0.606. The Morgan fingerprint density at radius 2 is 2.31 bits per heavy atom. The van der Waals surface area contributed by atoms with Crippen LogP contribution in [0.15, 0.2) is 30.7 Å². The summed E-state index contributed by atoms with van der Waals surface area (Å²) >= 11 is 0. The number of benzene rings is 1. The Kier molecular flexibility index (Phi) is 2.28. The molecular formula is C14H16N2. The number of aromatic amines is 1. The molecule has 2 aromatic rings. The van der Waals surface area contributed by atoms with Crippen molar-refractivity contribution < 1.29 is 0 Å². The first kappa shape index (κ1) is 9.64. The van der Waals surface area contributed by atoms with Crippen LogP contribution >= 0.6 is 0 Å². The van der Waals surface area contributed by atoms with Crippen LogP contribution in [0.5, 0.6) is 0 Å². The third-order valence-corrected chi connectivity index (χ3v) is 3.51. The van der Waals surface area contributed by atoms with Crippen molar-refractivity contribution in [2.45, 2.75) is 32.1 Å². The van der Waals surface area contributed by atoms with Gasteiger partial charge < -0.3 is 4.98 Å². The highest BCUT2D eigenvalue weighted by Gasteiger charge is 2.22. The zero-order chi connectivity index (χ0) is 11.0. The molecule has 0 spiro atoms. The van der Waals surface area contributed by atoms with Crippen molar-refractivity contribution in [2.75, 3.05) is 0 Å².